The molecule has 3 N–H and O–H groups in total. The number of rotatable bonds is 5. The first-order valence-electron chi connectivity index (χ1n) is 6.69. The topological polar surface area (TPSA) is 72.2 Å². The van der Waals surface area contributed by atoms with Crippen molar-refractivity contribution in [3.05, 3.63) is 0 Å². The average Bonchev–Trinajstić information content (AvgIpc) is 2.98. The molecule has 2 rings (SSSR count). The molecule has 0 aromatic heterocycles. The highest BCUT2D eigenvalue weighted by atomic mass is 32.2. The molecule has 0 saturated heterocycles. The van der Waals surface area contributed by atoms with Gasteiger partial charge in [0.25, 0.3) is 0 Å². The molecule has 1 atom stereocenters. The maximum absolute atomic E-state index is 12.1. The van der Waals surface area contributed by atoms with Crippen molar-refractivity contribution in [1.29, 1.82) is 0 Å². The van der Waals surface area contributed by atoms with Gasteiger partial charge in [-0.15, -0.1) is 0 Å². The summed E-state index contributed by atoms with van der Waals surface area (Å²) in [4.78, 5) is 0. The molecule has 4 nitrogen and oxygen atoms in total. The summed E-state index contributed by atoms with van der Waals surface area (Å²) in [6, 6.07) is 0.0761. The smallest absolute Gasteiger partial charge is 0.213 e. The standard InChI is InChI=1S/C12H24N2O2S/c1-10(11-5-6-11)14-17(15,16)9-12(13)7-3-2-4-8-12/h10-11,14H,2-9,13H2,1H3/t10-/m1/s1. The molecule has 100 valence electrons. The largest absolute Gasteiger partial charge is 0.324 e. The van der Waals surface area contributed by atoms with Crippen molar-refractivity contribution in [2.45, 2.75) is 63.5 Å². The second-order valence-electron chi connectivity index (χ2n) is 5.93. The van der Waals surface area contributed by atoms with Crippen LogP contribution in [0.5, 0.6) is 0 Å². The molecule has 2 saturated carbocycles. The molecule has 0 bridgehead atoms. The van der Waals surface area contributed by atoms with Gasteiger partial charge in [0.2, 0.25) is 10.0 Å². The van der Waals surface area contributed by atoms with Crippen molar-refractivity contribution < 1.29 is 8.42 Å². The summed E-state index contributed by atoms with van der Waals surface area (Å²) in [7, 11) is -3.22. The summed E-state index contributed by atoms with van der Waals surface area (Å²) in [6.07, 6.45) is 7.28. The summed E-state index contributed by atoms with van der Waals surface area (Å²) in [5, 5.41) is 0. The zero-order valence-electron chi connectivity index (χ0n) is 10.6. The van der Waals surface area contributed by atoms with Gasteiger partial charge < -0.3 is 5.73 Å². The van der Waals surface area contributed by atoms with Gasteiger partial charge in [-0.25, -0.2) is 13.1 Å². The Morgan fingerprint density at radius 1 is 1.29 bits per heavy atom. The molecule has 0 amide bonds. The van der Waals surface area contributed by atoms with Gasteiger partial charge in [0.1, 0.15) is 0 Å². The van der Waals surface area contributed by atoms with E-state index in [1.54, 1.807) is 0 Å². The Balaban J connectivity index is 1.90. The third kappa shape index (κ3) is 3.93. The second kappa shape index (κ2) is 4.86. The molecule has 0 heterocycles. The second-order valence-corrected chi connectivity index (χ2v) is 7.68. The molecule has 2 fully saturated rings. The average molecular weight is 260 g/mol. The molecular weight excluding hydrogens is 236 g/mol. The van der Waals surface area contributed by atoms with E-state index in [1.807, 2.05) is 6.92 Å². The number of nitrogens with two attached hydrogens (primary N) is 1. The highest BCUT2D eigenvalue weighted by molar-refractivity contribution is 7.89. The summed E-state index contributed by atoms with van der Waals surface area (Å²) >= 11 is 0. The maximum atomic E-state index is 12.1. The van der Waals surface area contributed by atoms with Crippen molar-refractivity contribution in [3.8, 4) is 0 Å². The first kappa shape index (κ1) is 13.3. The van der Waals surface area contributed by atoms with Gasteiger partial charge in [0.15, 0.2) is 0 Å². The van der Waals surface area contributed by atoms with Crippen LogP contribution in [0.15, 0.2) is 0 Å². The molecule has 5 heteroatoms. The van der Waals surface area contributed by atoms with Crippen LogP contribution >= 0.6 is 0 Å². The Labute approximate surface area is 104 Å². The van der Waals surface area contributed by atoms with Crippen molar-refractivity contribution in [2.24, 2.45) is 11.7 Å². The summed E-state index contributed by atoms with van der Waals surface area (Å²) in [5.41, 5.74) is 5.70. The minimum atomic E-state index is -3.22. The summed E-state index contributed by atoms with van der Waals surface area (Å²) in [5.74, 6) is 0.640. The summed E-state index contributed by atoms with van der Waals surface area (Å²) in [6.45, 7) is 1.96. The van der Waals surface area contributed by atoms with E-state index in [0.717, 1.165) is 38.5 Å². The maximum Gasteiger partial charge on any atom is 0.213 e. The minimum absolute atomic E-state index is 0.0761. The lowest BCUT2D eigenvalue weighted by Gasteiger charge is -2.33. The first-order chi connectivity index (χ1) is 7.90. The van der Waals surface area contributed by atoms with E-state index in [0.29, 0.717) is 5.92 Å². The van der Waals surface area contributed by atoms with Gasteiger partial charge in [0, 0.05) is 11.6 Å². The van der Waals surface area contributed by atoms with Crippen LogP contribution in [0.2, 0.25) is 0 Å². The van der Waals surface area contributed by atoms with Crippen LogP contribution in [-0.2, 0) is 10.0 Å². The SMILES string of the molecule is C[C@@H](NS(=O)(=O)CC1(N)CCCCC1)C1CC1. The molecule has 2 aliphatic rings. The first-order valence-corrected chi connectivity index (χ1v) is 8.34. The highest BCUT2D eigenvalue weighted by Gasteiger charge is 2.36. The number of sulfonamides is 1. The molecule has 0 aliphatic heterocycles. The van der Waals surface area contributed by atoms with Gasteiger partial charge in [-0.05, 0) is 38.5 Å². The van der Waals surface area contributed by atoms with Crippen LogP contribution in [0.1, 0.15) is 51.9 Å². The molecule has 0 aromatic carbocycles. The molecule has 0 spiro atoms. The fourth-order valence-corrected chi connectivity index (χ4v) is 4.68. The van der Waals surface area contributed by atoms with Crippen LogP contribution in [0, 0.1) is 5.92 Å². The van der Waals surface area contributed by atoms with E-state index in [-0.39, 0.29) is 11.8 Å². The Kier molecular flexibility index (Phi) is 3.80. The van der Waals surface area contributed by atoms with Crippen LogP contribution in [0.3, 0.4) is 0 Å². The lowest BCUT2D eigenvalue weighted by Crippen LogP contribution is -2.51. The Hall–Kier alpha value is -0.130. The minimum Gasteiger partial charge on any atom is -0.324 e. The number of hydrogen-bond donors (Lipinski definition) is 2. The van der Waals surface area contributed by atoms with E-state index < -0.39 is 15.6 Å². The van der Waals surface area contributed by atoms with Gasteiger partial charge >= 0.3 is 0 Å². The lowest BCUT2D eigenvalue weighted by atomic mass is 9.84. The Morgan fingerprint density at radius 2 is 1.88 bits per heavy atom. The van der Waals surface area contributed by atoms with E-state index >= 15 is 0 Å². The Morgan fingerprint density at radius 3 is 2.41 bits per heavy atom. The van der Waals surface area contributed by atoms with Crippen molar-refractivity contribution in [3.63, 3.8) is 0 Å². The van der Waals surface area contributed by atoms with E-state index in [4.69, 9.17) is 5.73 Å². The molecule has 2 aliphatic carbocycles. The van der Waals surface area contributed by atoms with Crippen molar-refractivity contribution in [1.82, 2.24) is 4.72 Å². The fraction of sp³-hybridized carbons (Fsp3) is 1.00. The van der Waals surface area contributed by atoms with Gasteiger partial charge in [-0.3, -0.25) is 0 Å². The zero-order valence-corrected chi connectivity index (χ0v) is 11.4. The predicted molar refractivity (Wildman–Crippen MR) is 69.1 cm³/mol. The zero-order chi connectivity index (χ0) is 12.5. The monoisotopic (exact) mass is 260 g/mol. The van der Waals surface area contributed by atoms with Gasteiger partial charge in [-0.1, -0.05) is 19.3 Å². The van der Waals surface area contributed by atoms with Crippen LogP contribution < -0.4 is 10.5 Å². The normalized spacial score (nSPS) is 26.7. The quantitative estimate of drug-likeness (QED) is 0.784. The van der Waals surface area contributed by atoms with Crippen molar-refractivity contribution in [2.75, 3.05) is 5.75 Å². The van der Waals surface area contributed by atoms with Crippen LogP contribution in [0.25, 0.3) is 0 Å². The lowest BCUT2D eigenvalue weighted by molar-refractivity contribution is 0.322. The van der Waals surface area contributed by atoms with Crippen molar-refractivity contribution >= 4 is 10.0 Å². The van der Waals surface area contributed by atoms with Crippen LogP contribution in [-0.4, -0.2) is 25.8 Å². The molecular formula is C12H24N2O2S. The van der Waals surface area contributed by atoms with E-state index in [9.17, 15) is 8.42 Å². The fourth-order valence-electron chi connectivity index (χ4n) is 2.80. The van der Waals surface area contributed by atoms with Gasteiger partial charge in [0.05, 0.1) is 5.75 Å². The molecule has 0 unspecified atom stereocenters. The third-order valence-corrected chi connectivity index (χ3v) is 5.71. The number of nitrogens with one attached hydrogen (secondary N) is 1. The predicted octanol–water partition coefficient (Wildman–Crippen LogP) is 1.37. The third-order valence-electron chi connectivity index (χ3n) is 4.02. The summed E-state index contributed by atoms with van der Waals surface area (Å²) < 4.78 is 26.9. The van der Waals surface area contributed by atoms with E-state index in [2.05, 4.69) is 4.72 Å². The van der Waals surface area contributed by atoms with Gasteiger partial charge in [-0.2, -0.15) is 0 Å². The van der Waals surface area contributed by atoms with E-state index in [1.165, 1.54) is 6.42 Å². The molecule has 0 aromatic rings. The molecule has 0 radical (unpaired) electrons. The molecule has 17 heavy (non-hydrogen) atoms. The number of hydrogen-bond acceptors (Lipinski definition) is 3. The van der Waals surface area contributed by atoms with Crippen LogP contribution in [0.4, 0.5) is 0 Å². The Bertz CT molecular complexity index is 357. The highest BCUT2D eigenvalue weighted by Crippen LogP contribution is 2.33.